The van der Waals surface area contributed by atoms with E-state index in [-0.39, 0.29) is 5.56 Å². The Bertz CT molecular complexity index is 750. The van der Waals surface area contributed by atoms with Crippen LogP contribution in [0.25, 0.3) is 23.5 Å². The fraction of sp³-hybridized carbons (Fsp3) is 0.154. The number of rotatable bonds is 1. The van der Waals surface area contributed by atoms with Gasteiger partial charge in [-0.15, -0.1) is 0 Å². The fourth-order valence-corrected chi connectivity index (χ4v) is 1.86. The van der Waals surface area contributed by atoms with Crippen LogP contribution < -0.4 is 16.1 Å². The van der Waals surface area contributed by atoms with E-state index < -0.39 is 0 Å². The summed E-state index contributed by atoms with van der Waals surface area (Å²) in [5.41, 5.74) is 0.571. The van der Waals surface area contributed by atoms with Crippen molar-refractivity contribution in [1.82, 2.24) is 15.0 Å². The van der Waals surface area contributed by atoms with Crippen LogP contribution in [-0.4, -0.2) is 15.0 Å². The molecule has 0 amide bonds. The number of halogens is 1. The molecule has 2 heterocycles. The zero-order valence-corrected chi connectivity index (χ0v) is 10.8. The van der Waals surface area contributed by atoms with Gasteiger partial charge >= 0.3 is 0 Å². The highest BCUT2D eigenvalue weighted by Crippen LogP contribution is 2.14. The Hall–Kier alpha value is -1.94. The predicted octanol–water partition coefficient (Wildman–Crippen LogP) is 1.09. The topological polar surface area (TPSA) is 58.6 Å². The molecule has 92 valence electrons. The van der Waals surface area contributed by atoms with Gasteiger partial charge in [-0.2, -0.15) is 0 Å². The summed E-state index contributed by atoms with van der Waals surface area (Å²) in [5, 5.41) is 1.59. The number of aromatic amines is 1. The lowest BCUT2D eigenvalue weighted by Gasteiger charge is -2.01. The molecule has 0 unspecified atom stereocenters. The molecular formula is C13H12ClN3O. The summed E-state index contributed by atoms with van der Waals surface area (Å²) in [6.07, 6.45) is 5.12. The lowest BCUT2D eigenvalue weighted by molar-refractivity contribution is 1.06. The first-order chi connectivity index (χ1) is 8.65. The van der Waals surface area contributed by atoms with E-state index in [1.54, 1.807) is 30.5 Å². The van der Waals surface area contributed by atoms with Crippen LogP contribution in [0.3, 0.4) is 0 Å². The Morgan fingerprint density at radius 3 is 2.72 bits per heavy atom. The summed E-state index contributed by atoms with van der Waals surface area (Å²) in [7, 11) is 0. The van der Waals surface area contributed by atoms with E-state index in [0.29, 0.717) is 21.5 Å². The quantitative estimate of drug-likeness (QED) is 0.782. The average molecular weight is 262 g/mol. The van der Waals surface area contributed by atoms with E-state index in [9.17, 15) is 4.79 Å². The number of pyridine rings is 1. The molecule has 2 rings (SSSR count). The fourth-order valence-electron chi connectivity index (χ4n) is 1.69. The highest BCUT2D eigenvalue weighted by Gasteiger charge is 2.03. The average Bonchev–Trinajstić information content (AvgIpc) is 2.37. The minimum atomic E-state index is -0.163. The number of nitrogens with one attached hydrogen (secondary N) is 1. The summed E-state index contributed by atoms with van der Waals surface area (Å²) >= 11 is 5.82. The molecule has 1 N–H and O–H groups in total. The van der Waals surface area contributed by atoms with Gasteiger partial charge in [0, 0.05) is 11.8 Å². The van der Waals surface area contributed by atoms with Crippen LogP contribution in [0.15, 0.2) is 23.1 Å². The number of H-pyrrole nitrogens is 1. The maximum absolute atomic E-state index is 11.9. The van der Waals surface area contributed by atoms with Gasteiger partial charge in [-0.25, -0.2) is 9.97 Å². The highest BCUT2D eigenvalue weighted by molar-refractivity contribution is 6.29. The Morgan fingerprint density at radius 1 is 1.33 bits per heavy atom. The van der Waals surface area contributed by atoms with E-state index in [1.807, 2.05) is 13.8 Å². The van der Waals surface area contributed by atoms with Crippen LogP contribution >= 0.6 is 11.6 Å². The number of aromatic nitrogens is 3. The molecule has 0 aliphatic carbocycles. The van der Waals surface area contributed by atoms with Gasteiger partial charge in [-0.3, -0.25) is 4.79 Å². The lowest BCUT2D eigenvalue weighted by atomic mass is 10.2. The summed E-state index contributed by atoms with van der Waals surface area (Å²) in [5.74, 6) is 0.489. The zero-order chi connectivity index (χ0) is 13.1. The minimum absolute atomic E-state index is 0.163. The van der Waals surface area contributed by atoms with Crippen molar-refractivity contribution in [2.45, 2.75) is 13.8 Å². The van der Waals surface area contributed by atoms with E-state index >= 15 is 0 Å². The third-order valence-electron chi connectivity index (χ3n) is 2.55. The van der Waals surface area contributed by atoms with E-state index in [4.69, 9.17) is 11.6 Å². The maximum Gasteiger partial charge on any atom is 0.258 e. The van der Waals surface area contributed by atoms with Gasteiger partial charge in [-0.05, 0) is 26.0 Å². The third kappa shape index (κ3) is 2.33. The van der Waals surface area contributed by atoms with Crippen LogP contribution in [0, 0.1) is 0 Å². The molecular weight excluding hydrogens is 250 g/mol. The molecule has 0 bridgehead atoms. The normalized spacial score (nSPS) is 13.1. The monoisotopic (exact) mass is 261 g/mol. The van der Waals surface area contributed by atoms with E-state index in [0.717, 1.165) is 5.56 Å². The SMILES string of the molecule is CC=c1nc(-c2ccnc(Cl)c2)[nH]c(=O)/c1=C/C. The Balaban J connectivity index is 2.77. The van der Waals surface area contributed by atoms with Gasteiger partial charge in [0.05, 0.1) is 10.6 Å². The lowest BCUT2D eigenvalue weighted by Crippen LogP contribution is -2.42. The Morgan fingerprint density at radius 2 is 2.11 bits per heavy atom. The molecule has 0 saturated carbocycles. The second-order valence-corrected chi connectivity index (χ2v) is 4.05. The van der Waals surface area contributed by atoms with Crippen molar-refractivity contribution in [3.8, 4) is 11.4 Å². The van der Waals surface area contributed by atoms with Crippen LogP contribution in [0.1, 0.15) is 13.8 Å². The molecule has 5 heteroatoms. The van der Waals surface area contributed by atoms with Crippen molar-refractivity contribution < 1.29 is 0 Å². The van der Waals surface area contributed by atoms with E-state index in [1.165, 1.54) is 0 Å². The molecule has 0 aliphatic rings. The molecule has 4 nitrogen and oxygen atoms in total. The van der Waals surface area contributed by atoms with Crippen molar-refractivity contribution in [2.75, 3.05) is 0 Å². The third-order valence-corrected chi connectivity index (χ3v) is 2.75. The molecule has 0 saturated heterocycles. The summed E-state index contributed by atoms with van der Waals surface area (Å²) in [6.45, 7) is 3.65. The van der Waals surface area contributed by atoms with Gasteiger partial charge in [0.1, 0.15) is 11.0 Å². The molecule has 18 heavy (non-hydrogen) atoms. The largest absolute Gasteiger partial charge is 0.306 e. The van der Waals surface area contributed by atoms with Gasteiger partial charge in [0.25, 0.3) is 5.56 Å². The number of hydrogen-bond donors (Lipinski definition) is 1. The summed E-state index contributed by atoms with van der Waals surface area (Å²) < 4.78 is 0. The second-order valence-electron chi connectivity index (χ2n) is 3.66. The van der Waals surface area contributed by atoms with Crippen molar-refractivity contribution in [3.05, 3.63) is 44.4 Å². The van der Waals surface area contributed by atoms with Crippen molar-refractivity contribution in [3.63, 3.8) is 0 Å². The maximum atomic E-state index is 11.9. The zero-order valence-electron chi connectivity index (χ0n) is 10.1. The summed E-state index contributed by atoms with van der Waals surface area (Å²) in [6, 6.07) is 3.41. The van der Waals surface area contributed by atoms with Gasteiger partial charge in [0.15, 0.2) is 0 Å². The molecule has 2 aromatic heterocycles. The second kappa shape index (κ2) is 5.14. The molecule has 2 aromatic rings. The van der Waals surface area contributed by atoms with Crippen LogP contribution in [-0.2, 0) is 0 Å². The number of nitrogens with zero attached hydrogens (tertiary/aromatic N) is 2. The Kier molecular flexibility index (Phi) is 3.58. The Labute approximate surface area is 109 Å². The first-order valence-electron chi connectivity index (χ1n) is 5.50. The van der Waals surface area contributed by atoms with E-state index in [2.05, 4.69) is 15.0 Å². The molecule has 0 fully saturated rings. The van der Waals surface area contributed by atoms with Crippen LogP contribution in [0.5, 0.6) is 0 Å². The summed E-state index contributed by atoms with van der Waals surface area (Å²) in [4.78, 5) is 23.0. The molecule has 0 spiro atoms. The standard InChI is InChI=1S/C13H12ClN3O/c1-3-9-10(4-2)16-12(17-13(9)18)8-5-6-15-11(14)7-8/h3-7H,1-2H3,(H,16,17,18)/b9-3+,10-4?. The molecule has 0 atom stereocenters. The van der Waals surface area contributed by atoms with Crippen LogP contribution in [0.4, 0.5) is 0 Å². The minimum Gasteiger partial charge on any atom is -0.306 e. The van der Waals surface area contributed by atoms with Gasteiger partial charge < -0.3 is 4.98 Å². The first kappa shape index (κ1) is 12.5. The smallest absolute Gasteiger partial charge is 0.258 e. The number of hydrogen-bond acceptors (Lipinski definition) is 3. The van der Waals surface area contributed by atoms with Crippen molar-refractivity contribution >= 4 is 23.8 Å². The van der Waals surface area contributed by atoms with Crippen molar-refractivity contribution in [2.24, 2.45) is 0 Å². The van der Waals surface area contributed by atoms with Crippen molar-refractivity contribution in [1.29, 1.82) is 0 Å². The molecule has 0 radical (unpaired) electrons. The van der Waals surface area contributed by atoms with Crippen LogP contribution in [0.2, 0.25) is 5.15 Å². The first-order valence-corrected chi connectivity index (χ1v) is 5.88. The molecule has 0 aromatic carbocycles. The predicted molar refractivity (Wildman–Crippen MR) is 72.6 cm³/mol. The van der Waals surface area contributed by atoms with Gasteiger partial charge in [0.2, 0.25) is 0 Å². The highest BCUT2D eigenvalue weighted by atomic mass is 35.5. The van der Waals surface area contributed by atoms with Gasteiger partial charge in [-0.1, -0.05) is 23.8 Å². The molecule has 0 aliphatic heterocycles.